The number of piperidine rings is 1. The molecule has 0 spiro atoms. The molecule has 30 heavy (non-hydrogen) atoms. The molecule has 1 fully saturated rings. The Labute approximate surface area is 181 Å². The van der Waals surface area contributed by atoms with E-state index in [0.717, 1.165) is 46.6 Å². The maximum absolute atomic E-state index is 4.70. The van der Waals surface area contributed by atoms with Crippen LogP contribution in [0.3, 0.4) is 0 Å². The minimum atomic E-state index is 0.783. The smallest absolute Gasteiger partial charge is 0.142 e. The van der Waals surface area contributed by atoms with Gasteiger partial charge in [0, 0.05) is 29.3 Å². The Kier molecular flexibility index (Phi) is 5.13. The molecule has 0 unspecified atom stereocenters. The predicted molar refractivity (Wildman–Crippen MR) is 128 cm³/mol. The van der Waals surface area contributed by atoms with E-state index in [2.05, 4.69) is 76.7 Å². The third kappa shape index (κ3) is 3.90. The van der Waals surface area contributed by atoms with Gasteiger partial charge in [-0.05, 0) is 61.6 Å². The first-order valence-electron chi connectivity index (χ1n) is 10.6. The molecule has 4 nitrogen and oxygen atoms in total. The Morgan fingerprint density at radius 1 is 0.967 bits per heavy atom. The number of hydrogen-bond donors (Lipinski definition) is 1. The van der Waals surface area contributed by atoms with Crippen LogP contribution < -0.4 is 10.2 Å². The highest BCUT2D eigenvalue weighted by Crippen LogP contribution is 2.36. The molecule has 0 radical (unpaired) electrons. The van der Waals surface area contributed by atoms with Crippen molar-refractivity contribution in [1.82, 2.24) is 9.97 Å². The maximum atomic E-state index is 4.70. The molecule has 0 aliphatic carbocycles. The number of fused-ring (bicyclic) bond motifs is 1. The van der Waals surface area contributed by atoms with Crippen LogP contribution in [0.4, 0.5) is 17.2 Å². The predicted octanol–water partition coefficient (Wildman–Crippen LogP) is 6.65. The van der Waals surface area contributed by atoms with Crippen LogP contribution >= 0.6 is 11.3 Å². The average molecular weight is 415 g/mol. The number of benzene rings is 2. The largest absolute Gasteiger partial charge is 0.372 e. The van der Waals surface area contributed by atoms with Crippen LogP contribution in [0.25, 0.3) is 20.7 Å². The summed E-state index contributed by atoms with van der Waals surface area (Å²) in [6, 6.07) is 21.4. The molecule has 152 valence electrons. The monoisotopic (exact) mass is 414 g/mol. The van der Waals surface area contributed by atoms with E-state index in [1.165, 1.54) is 29.0 Å². The number of thiophene rings is 1. The van der Waals surface area contributed by atoms with E-state index < -0.39 is 0 Å². The number of nitrogens with one attached hydrogen (secondary N) is 1. The fraction of sp³-hybridized carbons (Fsp3) is 0.280. The zero-order chi connectivity index (χ0) is 20.5. The molecule has 1 saturated heterocycles. The molecule has 0 bridgehead atoms. The van der Waals surface area contributed by atoms with Crippen molar-refractivity contribution in [2.75, 3.05) is 23.3 Å². The summed E-state index contributed by atoms with van der Waals surface area (Å²) in [4.78, 5) is 14.1. The van der Waals surface area contributed by atoms with Crippen molar-refractivity contribution in [3.63, 3.8) is 0 Å². The number of hydrogen-bond acceptors (Lipinski definition) is 5. The topological polar surface area (TPSA) is 41.1 Å². The van der Waals surface area contributed by atoms with Crippen LogP contribution in [0.2, 0.25) is 0 Å². The van der Waals surface area contributed by atoms with Gasteiger partial charge in [-0.1, -0.05) is 37.3 Å². The van der Waals surface area contributed by atoms with Crippen molar-refractivity contribution < 1.29 is 0 Å². The summed E-state index contributed by atoms with van der Waals surface area (Å²) in [7, 11) is 0. The Bertz CT molecular complexity index is 1140. The highest BCUT2D eigenvalue weighted by molar-refractivity contribution is 7.21. The summed E-state index contributed by atoms with van der Waals surface area (Å²) in [5.74, 6) is 2.50. The Morgan fingerprint density at radius 3 is 2.43 bits per heavy atom. The van der Waals surface area contributed by atoms with Crippen LogP contribution in [-0.4, -0.2) is 23.1 Å². The van der Waals surface area contributed by atoms with Gasteiger partial charge < -0.3 is 10.2 Å². The first kappa shape index (κ1) is 19.1. The first-order chi connectivity index (χ1) is 14.7. The summed E-state index contributed by atoms with van der Waals surface area (Å²) >= 11 is 1.71. The van der Waals surface area contributed by atoms with Crippen molar-refractivity contribution in [3.05, 3.63) is 66.5 Å². The third-order valence-corrected chi connectivity index (χ3v) is 6.92. The molecule has 1 N–H and O–H groups in total. The van der Waals surface area contributed by atoms with Crippen LogP contribution in [0.1, 0.15) is 25.6 Å². The minimum absolute atomic E-state index is 0.783. The zero-order valence-electron chi connectivity index (χ0n) is 17.4. The Morgan fingerprint density at radius 2 is 1.70 bits per heavy atom. The highest BCUT2D eigenvalue weighted by atomic mass is 32.1. The quantitative estimate of drug-likeness (QED) is 0.406. The zero-order valence-corrected chi connectivity index (χ0v) is 18.2. The molecule has 2 aromatic carbocycles. The average Bonchev–Trinajstić information content (AvgIpc) is 3.20. The van der Waals surface area contributed by atoms with Gasteiger partial charge in [0.25, 0.3) is 0 Å². The lowest BCUT2D eigenvalue weighted by atomic mass is 9.99. The molecule has 1 aliphatic heterocycles. The van der Waals surface area contributed by atoms with E-state index in [0.29, 0.717) is 0 Å². The number of anilines is 3. The van der Waals surface area contributed by atoms with Gasteiger partial charge in [-0.2, -0.15) is 0 Å². The lowest BCUT2D eigenvalue weighted by Crippen LogP contribution is -2.32. The van der Waals surface area contributed by atoms with E-state index in [-0.39, 0.29) is 0 Å². The maximum Gasteiger partial charge on any atom is 0.142 e. The van der Waals surface area contributed by atoms with Gasteiger partial charge in [-0.25, -0.2) is 9.97 Å². The molecule has 5 heteroatoms. The van der Waals surface area contributed by atoms with E-state index in [4.69, 9.17) is 4.98 Å². The standard InChI is InChI=1S/C25H26N4S/c1-17-12-14-29(15-13-17)21-10-8-20(9-11-21)28-24-22-16-23(19-6-4-3-5-7-19)30-25(22)27-18(2)26-24/h3-11,16-17H,12-15H2,1-2H3,(H,26,27,28). The molecule has 0 saturated carbocycles. The number of aromatic nitrogens is 2. The van der Waals surface area contributed by atoms with Gasteiger partial charge in [-0.3, -0.25) is 0 Å². The lowest BCUT2D eigenvalue weighted by molar-refractivity contribution is 0.438. The second kappa shape index (κ2) is 8.07. The molecule has 5 rings (SSSR count). The van der Waals surface area contributed by atoms with E-state index in [9.17, 15) is 0 Å². The number of aryl methyl sites for hydroxylation is 1. The first-order valence-corrected chi connectivity index (χ1v) is 11.4. The summed E-state index contributed by atoms with van der Waals surface area (Å²) in [6.07, 6.45) is 2.56. The Hall–Kier alpha value is -2.92. The molecule has 3 heterocycles. The summed E-state index contributed by atoms with van der Waals surface area (Å²) in [6.45, 7) is 6.60. The molecule has 4 aromatic rings. The van der Waals surface area contributed by atoms with Crippen LogP contribution in [0.15, 0.2) is 60.7 Å². The SMILES string of the molecule is Cc1nc(Nc2ccc(N3CCC(C)CC3)cc2)c2cc(-c3ccccc3)sc2n1. The molecular weight excluding hydrogens is 388 g/mol. The molecular formula is C25H26N4S. The van der Waals surface area contributed by atoms with Gasteiger partial charge in [-0.15, -0.1) is 11.3 Å². The van der Waals surface area contributed by atoms with Crippen molar-refractivity contribution >= 4 is 38.7 Å². The van der Waals surface area contributed by atoms with Crippen molar-refractivity contribution in [3.8, 4) is 10.4 Å². The lowest BCUT2D eigenvalue weighted by Gasteiger charge is -2.32. The van der Waals surface area contributed by atoms with Gasteiger partial charge in [0.15, 0.2) is 0 Å². The van der Waals surface area contributed by atoms with Gasteiger partial charge in [0.1, 0.15) is 16.5 Å². The summed E-state index contributed by atoms with van der Waals surface area (Å²) < 4.78 is 0. The summed E-state index contributed by atoms with van der Waals surface area (Å²) in [5, 5.41) is 4.59. The van der Waals surface area contributed by atoms with Crippen molar-refractivity contribution in [2.24, 2.45) is 5.92 Å². The fourth-order valence-corrected chi connectivity index (χ4v) is 5.11. The fourth-order valence-electron chi connectivity index (χ4n) is 4.03. The number of nitrogens with zero attached hydrogens (tertiary/aromatic N) is 3. The van der Waals surface area contributed by atoms with Gasteiger partial charge >= 0.3 is 0 Å². The van der Waals surface area contributed by atoms with E-state index in [1.54, 1.807) is 11.3 Å². The molecule has 0 atom stereocenters. The Balaban J connectivity index is 1.41. The minimum Gasteiger partial charge on any atom is -0.372 e. The second-order valence-electron chi connectivity index (χ2n) is 8.16. The van der Waals surface area contributed by atoms with Crippen molar-refractivity contribution in [2.45, 2.75) is 26.7 Å². The van der Waals surface area contributed by atoms with E-state index >= 15 is 0 Å². The molecule has 0 amide bonds. The third-order valence-electron chi connectivity index (χ3n) is 5.84. The van der Waals surface area contributed by atoms with E-state index in [1.807, 2.05) is 13.0 Å². The molecule has 1 aliphatic rings. The van der Waals surface area contributed by atoms with Crippen LogP contribution in [-0.2, 0) is 0 Å². The summed E-state index contributed by atoms with van der Waals surface area (Å²) in [5.41, 5.74) is 3.57. The van der Waals surface area contributed by atoms with Crippen molar-refractivity contribution in [1.29, 1.82) is 0 Å². The van der Waals surface area contributed by atoms with Crippen LogP contribution in [0.5, 0.6) is 0 Å². The van der Waals surface area contributed by atoms with Gasteiger partial charge in [0.2, 0.25) is 0 Å². The molecule has 2 aromatic heterocycles. The highest BCUT2D eigenvalue weighted by Gasteiger charge is 2.16. The second-order valence-corrected chi connectivity index (χ2v) is 9.19. The normalized spacial score (nSPS) is 14.9. The van der Waals surface area contributed by atoms with Gasteiger partial charge in [0.05, 0.1) is 5.39 Å². The van der Waals surface area contributed by atoms with Crippen LogP contribution in [0, 0.1) is 12.8 Å². The number of rotatable bonds is 4.